The molecule has 2 aromatic carbocycles. The van der Waals surface area contributed by atoms with Gasteiger partial charge in [0.1, 0.15) is 5.65 Å². The van der Waals surface area contributed by atoms with Crippen LogP contribution in [-0.2, 0) is 0 Å². The van der Waals surface area contributed by atoms with Gasteiger partial charge in [0.25, 0.3) is 5.69 Å². The van der Waals surface area contributed by atoms with Gasteiger partial charge in [0.2, 0.25) is 0 Å². The van der Waals surface area contributed by atoms with Crippen molar-refractivity contribution >= 4 is 23.5 Å². The summed E-state index contributed by atoms with van der Waals surface area (Å²) < 4.78 is 2.03. The van der Waals surface area contributed by atoms with Gasteiger partial charge < -0.3 is 4.40 Å². The summed E-state index contributed by atoms with van der Waals surface area (Å²) in [5, 5.41) is 10.7. The number of pyridine rings is 1. The van der Waals surface area contributed by atoms with E-state index in [1.807, 2.05) is 53.1 Å². The first-order chi connectivity index (χ1) is 13.1. The van der Waals surface area contributed by atoms with Crippen LogP contribution in [0.15, 0.2) is 73.1 Å². The second kappa shape index (κ2) is 6.88. The summed E-state index contributed by atoms with van der Waals surface area (Å²) in [5.41, 5.74) is 6.18. The maximum atomic E-state index is 10.7. The molecule has 132 valence electrons. The number of hydrogen-bond acceptors (Lipinski definition) is 3. The van der Waals surface area contributed by atoms with Gasteiger partial charge in [-0.3, -0.25) is 10.1 Å². The zero-order chi connectivity index (χ0) is 18.8. The third kappa shape index (κ3) is 3.62. The van der Waals surface area contributed by atoms with Crippen LogP contribution in [0.4, 0.5) is 5.69 Å². The number of nitrogens with zero attached hydrogens (tertiary/aromatic N) is 3. The van der Waals surface area contributed by atoms with E-state index in [4.69, 9.17) is 0 Å². The van der Waals surface area contributed by atoms with E-state index >= 15 is 0 Å². The topological polar surface area (TPSA) is 60.4 Å². The highest BCUT2D eigenvalue weighted by atomic mass is 16.6. The van der Waals surface area contributed by atoms with Crippen LogP contribution in [0.5, 0.6) is 0 Å². The monoisotopic (exact) mass is 355 g/mol. The summed E-state index contributed by atoms with van der Waals surface area (Å²) in [5.74, 6) is 0. The first-order valence-electron chi connectivity index (χ1n) is 8.57. The zero-order valence-corrected chi connectivity index (χ0v) is 14.7. The van der Waals surface area contributed by atoms with E-state index in [-0.39, 0.29) is 5.69 Å². The van der Waals surface area contributed by atoms with Crippen LogP contribution >= 0.6 is 0 Å². The average molecular weight is 355 g/mol. The van der Waals surface area contributed by atoms with Crippen molar-refractivity contribution < 1.29 is 4.92 Å². The molecule has 0 saturated heterocycles. The molecule has 2 heterocycles. The molecule has 0 fully saturated rings. The fraction of sp³-hybridized carbons (Fsp3) is 0.0455. The van der Waals surface area contributed by atoms with Crippen molar-refractivity contribution in [3.63, 3.8) is 0 Å². The van der Waals surface area contributed by atoms with Crippen molar-refractivity contribution in [3.8, 4) is 11.3 Å². The van der Waals surface area contributed by atoms with Crippen molar-refractivity contribution in [1.29, 1.82) is 0 Å². The largest absolute Gasteiger partial charge is 0.306 e. The van der Waals surface area contributed by atoms with Gasteiger partial charge in [-0.2, -0.15) is 0 Å². The highest BCUT2D eigenvalue weighted by Crippen LogP contribution is 2.21. The molecular formula is C22H17N3O2. The molecule has 5 nitrogen and oxygen atoms in total. The lowest BCUT2D eigenvalue weighted by Gasteiger charge is -1.98. The van der Waals surface area contributed by atoms with Crippen molar-refractivity contribution in [1.82, 2.24) is 9.38 Å². The quantitative estimate of drug-likeness (QED) is 0.280. The molecule has 0 bridgehead atoms. The molecular weight excluding hydrogens is 338 g/mol. The van der Waals surface area contributed by atoms with Gasteiger partial charge in [0.05, 0.1) is 10.6 Å². The third-order valence-electron chi connectivity index (χ3n) is 4.38. The molecule has 0 spiro atoms. The lowest BCUT2D eigenvalue weighted by atomic mass is 10.1. The summed E-state index contributed by atoms with van der Waals surface area (Å²) >= 11 is 0. The Labute approximate surface area is 156 Å². The summed E-state index contributed by atoms with van der Waals surface area (Å²) in [4.78, 5) is 15.0. The number of fused-ring (bicyclic) bond motifs is 1. The fourth-order valence-electron chi connectivity index (χ4n) is 2.91. The molecule has 0 aliphatic rings. The van der Waals surface area contributed by atoms with E-state index in [0.717, 1.165) is 28.0 Å². The minimum Gasteiger partial charge on any atom is -0.306 e. The van der Waals surface area contributed by atoms with E-state index in [0.29, 0.717) is 0 Å². The number of imidazole rings is 1. The number of benzene rings is 2. The predicted molar refractivity (Wildman–Crippen MR) is 107 cm³/mol. The fourth-order valence-corrected chi connectivity index (χ4v) is 2.91. The highest BCUT2D eigenvalue weighted by molar-refractivity contribution is 5.72. The second-order valence-electron chi connectivity index (χ2n) is 6.40. The van der Waals surface area contributed by atoms with E-state index < -0.39 is 4.92 Å². The van der Waals surface area contributed by atoms with Crippen LogP contribution in [0.3, 0.4) is 0 Å². The second-order valence-corrected chi connectivity index (χ2v) is 6.40. The first kappa shape index (κ1) is 16.7. The summed E-state index contributed by atoms with van der Waals surface area (Å²) in [6.07, 6.45) is 8.02. The standard InChI is InChI=1S/C22H17N3O2/c1-16-2-13-22-23-21(15-24(22)14-16)19-9-5-17(6-10-19)3-4-18-7-11-20(12-8-18)25(26)27/h2-15H,1H3. The maximum absolute atomic E-state index is 10.7. The molecule has 27 heavy (non-hydrogen) atoms. The van der Waals surface area contributed by atoms with Crippen molar-refractivity contribution in [3.05, 3.63) is 99.9 Å². The van der Waals surface area contributed by atoms with E-state index in [1.54, 1.807) is 12.1 Å². The smallest absolute Gasteiger partial charge is 0.269 e. The van der Waals surface area contributed by atoms with E-state index in [9.17, 15) is 10.1 Å². The van der Waals surface area contributed by atoms with Crippen molar-refractivity contribution in [2.75, 3.05) is 0 Å². The molecule has 2 aromatic heterocycles. The summed E-state index contributed by atoms with van der Waals surface area (Å²) in [7, 11) is 0. The van der Waals surface area contributed by atoms with E-state index in [1.165, 1.54) is 17.7 Å². The highest BCUT2D eigenvalue weighted by Gasteiger charge is 2.05. The minimum absolute atomic E-state index is 0.0964. The average Bonchev–Trinajstić information content (AvgIpc) is 3.10. The van der Waals surface area contributed by atoms with Crippen LogP contribution < -0.4 is 0 Å². The number of nitro benzene ring substituents is 1. The van der Waals surface area contributed by atoms with Crippen LogP contribution in [0.1, 0.15) is 16.7 Å². The number of hydrogen-bond donors (Lipinski definition) is 0. The Bertz CT molecular complexity index is 1140. The minimum atomic E-state index is -0.396. The number of aromatic nitrogens is 2. The van der Waals surface area contributed by atoms with E-state index in [2.05, 4.69) is 24.2 Å². The molecule has 4 aromatic rings. The zero-order valence-electron chi connectivity index (χ0n) is 14.7. The lowest BCUT2D eigenvalue weighted by molar-refractivity contribution is -0.384. The predicted octanol–water partition coefficient (Wildman–Crippen LogP) is 5.39. The van der Waals surface area contributed by atoms with Gasteiger partial charge in [0.15, 0.2) is 0 Å². The molecule has 0 atom stereocenters. The van der Waals surface area contributed by atoms with Crippen molar-refractivity contribution in [2.24, 2.45) is 0 Å². The summed E-state index contributed by atoms with van der Waals surface area (Å²) in [6, 6.07) is 18.7. The number of non-ortho nitro benzene ring substituents is 1. The Kier molecular flexibility index (Phi) is 4.26. The van der Waals surface area contributed by atoms with Gasteiger partial charge in [0, 0.05) is 30.1 Å². The lowest BCUT2D eigenvalue weighted by Crippen LogP contribution is -1.86. The Morgan fingerprint density at radius 2 is 1.52 bits per heavy atom. The SMILES string of the molecule is Cc1ccc2nc(-c3ccc(C=Cc4ccc([N+](=O)[O-])cc4)cc3)cn2c1. The van der Waals surface area contributed by atoms with Crippen LogP contribution in [0.2, 0.25) is 0 Å². The molecule has 0 saturated carbocycles. The first-order valence-corrected chi connectivity index (χ1v) is 8.57. The molecule has 0 N–H and O–H groups in total. The molecule has 0 unspecified atom stereocenters. The normalized spacial score (nSPS) is 11.3. The molecule has 0 aliphatic heterocycles. The molecule has 0 aliphatic carbocycles. The Morgan fingerprint density at radius 1 is 0.889 bits per heavy atom. The Morgan fingerprint density at radius 3 is 2.15 bits per heavy atom. The van der Waals surface area contributed by atoms with Crippen LogP contribution in [0.25, 0.3) is 29.1 Å². The number of nitro groups is 1. The summed E-state index contributed by atoms with van der Waals surface area (Å²) in [6.45, 7) is 2.06. The van der Waals surface area contributed by atoms with Gasteiger partial charge >= 0.3 is 0 Å². The third-order valence-corrected chi connectivity index (χ3v) is 4.38. The van der Waals surface area contributed by atoms with Crippen molar-refractivity contribution in [2.45, 2.75) is 6.92 Å². The van der Waals surface area contributed by atoms with Crippen LogP contribution in [-0.4, -0.2) is 14.3 Å². The molecule has 0 amide bonds. The van der Waals surface area contributed by atoms with Gasteiger partial charge in [-0.1, -0.05) is 42.5 Å². The van der Waals surface area contributed by atoms with Crippen LogP contribution in [0, 0.1) is 17.0 Å². The van der Waals surface area contributed by atoms with Gasteiger partial charge in [-0.15, -0.1) is 0 Å². The maximum Gasteiger partial charge on any atom is 0.269 e. The Hall–Kier alpha value is -3.73. The van der Waals surface area contributed by atoms with Gasteiger partial charge in [-0.25, -0.2) is 4.98 Å². The Balaban J connectivity index is 1.53. The number of aryl methyl sites for hydroxylation is 1. The molecule has 5 heteroatoms. The molecule has 4 rings (SSSR count). The molecule has 0 radical (unpaired) electrons. The van der Waals surface area contributed by atoms with Gasteiger partial charge in [-0.05, 0) is 41.8 Å². The number of rotatable bonds is 4.